The maximum absolute atomic E-state index is 6.26. The highest BCUT2D eigenvalue weighted by Crippen LogP contribution is 2.29. The quantitative estimate of drug-likeness (QED) is 0.704. The van der Waals surface area contributed by atoms with Gasteiger partial charge in [0.2, 0.25) is 0 Å². The summed E-state index contributed by atoms with van der Waals surface area (Å²) in [4.78, 5) is 9.13. The summed E-state index contributed by atoms with van der Waals surface area (Å²) >= 11 is 6.26. The smallest absolute Gasteiger partial charge is 0.136 e. The summed E-state index contributed by atoms with van der Waals surface area (Å²) in [5.74, 6) is 0.777. The number of aromatic nitrogens is 2. The standard InChI is InChI=1S/C16H19ClN2/c1-10-7-6-8-12(9-10)13-11(2)14(17)19-15(18-13)16(3,4)5/h6-9H,1-5H3. The normalized spacial score (nSPS) is 11.7. The highest BCUT2D eigenvalue weighted by atomic mass is 35.5. The molecule has 0 spiro atoms. The average molecular weight is 275 g/mol. The van der Waals surface area contributed by atoms with Gasteiger partial charge in [0.1, 0.15) is 11.0 Å². The van der Waals surface area contributed by atoms with Crippen molar-refractivity contribution in [3.63, 3.8) is 0 Å². The number of hydrogen-bond donors (Lipinski definition) is 0. The highest BCUT2D eigenvalue weighted by molar-refractivity contribution is 6.30. The van der Waals surface area contributed by atoms with Gasteiger partial charge in [-0.3, -0.25) is 0 Å². The molecule has 3 heteroatoms. The lowest BCUT2D eigenvalue weighted by Crippen LogP contribution is -2.17. The lowest BCUT2D eigenvalue weighted by molar-refractivity contribution is 0.545. The van der Waals surface area contributed by atoms with E-state index < -0.39 is 0 Å². The first-order valence-electron chi connectivity index (χ1n) is 6.40. The summed E-state index contributed by atoms with van der Waals surface area (Å²) in [6, 6.07) is 8.30. The van der Waals surface area contributed by atoms with Crippen molar-refractivity contribution >= 4 is 11.6 Å². The molecule has 1 heterocycles. The minimum atomic E-state index is -0.115. The Labute approximate surface area is 119 Å². The van der Waals surface area contributed by atoms with Gasteiger partial charge in [-0.15, -0.1) is 0 Å². The number of hydrogen-bond acceptors (Lipinski definition) is 2. The third-order valence-electron chi connectivity index (χ3n) is 3.05. The van der Waals surface area contributed by atoms with Crippen LogP contribution in [0.1, 0.15) is 37.7 Å². The fraction of sp³-hybridized carbons (Fsp3) is 0.375. The van der Waals surface area contributed by atoms with Gasteiger partial charge in [-0.25, -0.2) is 9.97 Å². The lowest BCUT2D eigenvalue weighted by Gasteiger charge is -2.19. The van der Waals surface area contributed by atoms with E-state index in [2.05, 4.69) is 50.9 Å². The molecule has 0 fully saturated rings. The maximum Gasteiger partial charge on any atom is 0.136 e. The number of nitrogens with zero attached hydrogens (tertiary/aromatic N) is 2. The second-order valence-corrected chi connectivity index (χ2v) is 6.29. The van der Waals surface area contributed by atoms with Crippen molar-refractivity contribution in [3.05, 3.63) is 46.4 Å². The van der Waals surface area contributed by atoms with Gasteiger partial charge in [0, 0.05) is 16.5 Å². The molecule has 0 aliphatic carbocycles. The Morgan fingerprint density at radius 1 is 1.05 bits per heavy atom. The molecule has 0 atom stereocenters. The molecule has 0 amide bonds. The molecule has 0 bridgehead atoms. The molecule has 2 aromatic rings. The Balaban J connectivity index is 2.66. The number of rotatable bonds is 1. The van der Waals surface area contributed by atoms with Crippen LogP contribution in [0.15, 0.2) is 24.3 Å². The number of aryl methyl sites for hydroxylation is 1. The van der Waals surface area contributed by atoms with E-state index in [9.17, 15) is 0 Å². The Morgan fingerprint density at radius 2 is 1.74 bits per heavy atom. The van der Waals surface area contributed by atoms with Gasteiger partial charge < -0.3 is 0 Å². The van der Waals surface area contributed by atoms with E-state index in [1.54, 1.807) is 0 Å². The molecule has 2 nitrogen and oxygen atoms in total. The summed E-state index contributed by atoms with van der Waals surface area (Å²) in [6.07, 6.45) is 0. The van der Waals surface area contributed by atoms with E-state index in [4.69, 9.17) is 16.6 Å². The van der Waals surface area contributed by atoms with Crippen LogP contribution in [0.2, 0.25) is 5.15 Å². The number of halogens is 1. The topological polar surface area (TPSA) is 25.8 Å². The SMILES string of the molecule is Cc1cccc(-c2nc(C(C)(C)C)nc(Cl)c2C)c1. The van der Waals surface area contributed by atoms with E-state index in [1.165, 1.54) is 5.56 Å². The number of benzene rings is 1. The molecule has 0 saturated carbocycles. The van der Waals surface area contributed by atoms with Crippen LogP contribution in [0.3, 0.4) is 0 Å². The van der Waals surface area contributed by atoms with Crippen molar-refractivity contribution in [2.45, 2.75) is 40.0 Å². The molecule has 1 aromatic carbocycles. The molecular formula is C16H19ClN2. The predicted octanol–water partition coefficient (Wildman–Crippen LogP) is 4.71. The summed E-state index contributed by atoms with van der Waals surface area (Å²) in [6.45, 7) is 10.3. The van der Waals surface area contributed by atoms with E-state index in [0.29, 0.717) is 5.15 Å². The largest absolute Gasteiger partial charge is 0.232 e. The average Bonchev–Trinajstić information content (AvgIpc) is 2.31. The monoisotopic (exact) mass is 274 g/mol. The van der Waals surface area contributed by atoms with E-state index >= 15 is 0 Å². The van der Waals surface area contributed by atoms with Crippen molar-refractivity contribution in [1.29, 1.82) is 0 Å². The van der Waals surface area contributed by atoms with Crippen LogP contribution in [-0.4, -0.2) is 9.97 Å². The van der Waals surface area contributed by atoms with E-state index in [1.807, 2.05) is 13.0 Å². The highest BCUT2D eigenvalue weighted by Gasteiger charge is 2.21. The van der Waals surface area contributed by atoms with E-state index in [-0.39, 0.29) is 5.41 Å². The summed E-state index contributed by atoms with van der Waals surface area (Å²) in [7, 11) is 0. The molecule has 0 radical (unpaired) electrons. The summed E-state index contributed by atoms with van der Waals surface area (Å²) in [5, 5.41) is 0.538. The van der Waals surface area contributed by atoms with Gasteiger partial charge in [0.15, 0.2) is 0 Å². The zero-order valence-corrected chi connectivity index (χ0v) is 12.8. The summed E-state index contributed by atoms with van der Waals surface area (Å²) < 4.78 is 0. The summed E-state index contributed by atoms with van der Waals surface area (Å²) in [5.41, 5.74) is 4.04. The van der Waals surface area contributed by atoms with Gasteiger partial charge in [-0.1, -0.05) is 56.1 Å². The van der Waals surface area contributed by atoms with Crippen molar-refractivity contribution in [3.8, 4) is 11.3 Å². The van der Waals surface area contributed by atoms with Crippen LogP contribution < -0.4 is 0 Å². The molecule has 0 aliphatic rings. The van der Waals surface area contributed by atoms with Gasteiger partial charge >= 0.3 is 0 Å². The molecule has 19 heavy (non-hydrogen) atoms. The molecule has 0 saturated heterocycles. The van der Waals surface area contributed by atoms with E-state index in [0.717, 1.165) is 22.6 Å². The molecule has 0 aliphatic heterocycles. The first-order valence-corrected chi connectivity index (χ1v) is 6.78. The van der Waals surface area contributed by atoms with Gasteiger partial charge in [-0.05, 0) is 19.9 Å². The van der Waals surface area contributed by atoms with Crippen LogP contribution in [0.25, 0.3) is 11.3 Å². The minimum absolute atomic E-state index is 0.115. The zero-order valence-electron chi connectivity index (χ0n) is 12.1. The van der Waals surface area contributed by atoms with Crippen LogP contribution in [0.4, 0.5) is 0 Å². The zero-order chi connectivity index (χ0) is 14.2. The third-order valence-corrected chi connectivity index (χ3v) is 3.42. The first kappa shape index (κ1) is 14.0. The minimum Gasteiger partial charge on any atom is -0.232 e. The van der Waals surface area contributed by atoms with Crippen molar-refractivity contribution in [2.24, 2.45) is 0 Å². The fourth-order valence-corrected chi connectivity index (χ4v) is 2.07. The van der Waals surface area contributed by atoms with Crippen LogP contribution in [-0.2, 0) is 5.41 Å². The first-order chi connectivity index (χ1) is 8.79. The second kappa shape index (κ2) is 4.93. The molecule has 0 N–H and O–H groups in total. The Bertz CT molecular complexity index is 613. The second-order valence-electron chi connectivity index (χ2n) is 5.93. The fourth-order valence-electron chi connectivity index (χ4n) is 1.90. The molecule has 2 rings (SSSR count). The van der Waals surface area contributed by atoms with Crippen LogP contribution >= 0.6 is 11.6 Å². The van der Waals surface area contributed by atoms with Crippen LogP contribution in [0, 0.1) is 13.8 Å². The van der Waals surface area contributed by atoms with Crippen molar-refractivity contribution < 1.29 is 0 Å². The Kier molecular flexibility index (Phi) is 3.64. The Hall–Kier alpha value is -1.41. The molecule has 0 unspecified atom stereocenters. The lowest BCUT2D eigenvalue weighted by atomic mass is 9.95. The van der Waals surface area contributed by atoms with Gasteiger partial charge in [0.05, 0.1) is 5.69 Å². The third kappa shape index (κ3) is 2.95. The molecular weight excluding hydrogens is 256 g/mol. The van der Waals surface area contributed by atoms with Crippen molar-refractivity contribution in [1.82, 2.24) is 9.97 Å². The van der Waals surface area contributed by atoms with Gasteiger partial charge in [0.25, 0.3) is 0 Å². The van der Waals surface area contributed by atoms with Gasteiger partial charge in [-0.2, -0.15) is 0 Å². The molecule has 1 aromatic heterocycles. The van der Waals surface area contributed by atoms with Crippen LogP contribution in [0.5, 0.6) is 0 Å². The predicted molar refractivity (Wildman–Crippen MR) is 80.7 cm³/mol. The van der Waals surface area contributed by atoms with Crippen molar-refractivity contribution in [2.75, 3.05) is 0 Å². The molecule has 100 valence electrons. The maximum atomic E-state index is 6.26. The Morgan fingerprint density at radius 3 is 2.32 bits per heavy atom.